The summed E-state index contributed by atoms with van der Waals surface area (Å²) >= 11 is 1.49. The number of amides is 2. The Bertz CT molecular complexity index is 609. The van der Waals surface area contributed by atoms with Crippen molar-refractivity contribution in [3.8, 4) is 0 Å². The van der Waals surface area contributed by atoms with E-state index < -0.39 is 6.04 Å². The Balaban J connectivity index is 1.63. The number of nitrogens with zero attached hydrogens (tertiary/aromatic N) is 2. The van der Waals surface area contributed by atoms with Crippen LogP contribution in [0.2, 0.25) is 0 Å². The molecule has 7 heteroatoms. The number of likely N-dealkylation sites (tertiary alicyclic amines) is 1. The molecule has 3 heterocycles. The second-order valence-corrected chi connectivity index (χ2v) is 5.76. The van der Waals surface area contributed by atoms with Gasteiger partial charge in [-0.3, -0.25) is 9.59 Å². The van der Waals surface area contributed by atoms with E-state index in [-0.39, 0.29) is 17.6 Å². The lowest BCUT2D eigenvalue weighted by Gasteiger charge is -2.22. The first-order valence-corrected chi connectivity index (χ1v) is 7.64. The average Bonchev–Trinajstić information content (AvgIpc) is 3.26. The molecule has 6 nitrogen and oxygen atoms in total. The van der Waals surface area contributed by atoms with Crippen LogP contribution in [0.4, 0.5) is 0 Å². The molecular formula is C14H15N3O3S. The smallest absolute Gasteiger partial charge is 0.290 e. The van der Waals surface area contributed by atoms with Gasteiger partial charge in [0.15, 0.2) is 5.76 Å². The van der Waals surface area contributed by atoms with Crippen molar-refractivity contribution in [3.05, 3.63) is 40.7 Å². The summed E-state index contributed by atoms with van der Waals surface area (Å²) in [6.45, 7) is 0.977. The van der Waals surface area contributed by atoms with E-state index >= 15 is 0 Å². The molecule has 110 valence electrons. The largest absolute Gasteiger partial charge is 0.459 e. The Labute approximate surface area is 125 Å². The second kappa shape index (κ2) is 6.09. The molecule has 0 unspecified atom stereocenters. The molecule has 2 aromatic rings. The van der Waals surface area contributed by atoms with Crippen LogP contribution in [0.15, 0.2) is 34.4 Å². The van der Waals surface area contributed by atoms with Gasteiger partial charge in [0.2, 0.25) is 5.91 Å². The fraction of sp³-hybridized carbons (Fsp3) is 0.357. The zero-order valence-corrected chi connectivity index (χ0v) is 12.1. The summed E-state index contributed by atoms with van der Waals surface area (Å²) in [6.07, 6.45) is 4.66. The molecular weight excluding hydrogens is 290 g/mol. The molecule has 2 amide bonds. The molecule has 1 fully saturated rings. The number of nitrogens with one attached hydrogen (secondary N) is 1. The molecule has 0 saturated carbocycles. The van der Waals surface area contributed by atoms with Crippen LogP contribution < -0.4 is 5.32 Å². The normalized spacial score (nSPS) is 17.9. The predicted molar refractivity (Wildman–Crippen MR) is 76.7 cm³/mol. The third-order valence-electron chi connectivity index (χ3n) is 3.45. The van der Waals surface area contributed by atoms with E-state index in [9.17, 15) is 9.59 Å². The Kier molecular flexibility index (Phi) is 4.01. The summed E-state index contributed by atoms with van der Waals surface area (Å²) in [5, 5.41) is 5.56. The lowest BCUT2D eigenvalue weighted by Crippen LogP contribution is -2.45. The van der Waals surface area contributed by atoms with Crippen LogP contribution in [0.3, 0.4) is 0 Å². The molecule has 0 aromatic carbocycles. The number of thiazole rings is 1. The van der Waals surface area contributed by atoms with E-state index in [4.69, 9.17) is 4.42 Å². The topological polar surface area (TPSA) is 75.4 Å². The van der Waals surface area contributed by atoms with Crippen molar-refractivity contribution < 1.29 is 14.0 Å². The fourth-order valence-electron chi connectivity index (χ4n) is 2.44. The van der Waals surface area contributed by atoms with Crippen LogP contribution in [-0.2, 0) is 11.3 Å². The Hall–Kier alpha value is -2.15. The number of aromatic nitrogens is 1. The van der Waals surface area contributed by atoms with E-state index in [0.717, 1.165) is 11.4 Å². The maximum Gasteiger partial charge on any atom is 0.290 e. The summed E-state index contributed by atoms with van der Waals surface area (Å²) in [6, 6.07) is 2.86. The van der Waals surface area contributed by atoms with Crippen LogP contribution in [0.25, 0.3) is 0 Å². The SMILES string of the molecule is O=C(NCc1nccs1)[C@H]1CCCN1C(=O)c1ccco1. The quantitative estimate of drug-likeness (QED) is 0.932. The molecule has 1 aliphatic rings. The van der Waals surface area contributed by atoms with Crippen LogP contribution >= 0.6 is 11.3 Å². The number of rotatable bonds is 4. The highest BCUT2D eigenvalue weighted by Gasteiger charge is 2.35. The highest BCUT2D eigenvalue weighted by molar-refractivity contribution is 7.09. The Morgan fingerprint density at radius 1 is 1.52 bits per heavy atom. The first kappa shape index (κ1) is 13.8. The monoisotopic (exact) mass is 305 g/mol. The van der Waals surface area contributed by atoms with Crippen molar-refractivity contribution >= 4 is 23.2 Å². The lowest BCUT2D eigenvalue weighted by atomic mass is 10.2. The average molecular weight is 305 g/mol. The Morgan fingerprint density at radius 3 is 3.14 bits per heavy atom. The number of carbonyl (C=O) groups is 2. The summed E-state index contributed by atoms with van der Waals surface area (Å²) in [5.41, 5.74) is 0. The van der Waals surface area contributed by atoms with Gasteiger partial charge >= 0.3 is 0 Å². The number of hydrogen-bond donors (Lipinski definition) is 1. The van der Waals surface area contributed by atoms with Crippen molar-refractivity contribution in [1.82, 2.24) is 15.2 Å². The summed E-state index contributed by atoms with van der Waals surface area (Å²) in [4.78, 5) is 30.3. The Morgan fingerprint density at radius 2 is 2.43 bits per heavy atom. The standard InChI is InChI=1S/C14H15N3O3S/c18-13(16-9-12-15-5-8-21-12)10-3-1-6-17(10)14(19)11-4-2-7-20-11/h2,4-5,7-8,10H,1,3,6,9H2,(H,16,18)/t10-/m1/s1. The van der Waals surface area contributed by atoms with Gasteiger partial charge in [0.1, 0.15) is 11.0 Å². The number of carbonyl (C=O) groups excluding carboxylic acids is 2. The van der Waals surface area contributed by atoms with Gasteiger partial charge in [-0.15, -0.1) is 11.3 Å². The van der Waals surface area contributed by atoms with E-state index in [1.165, 1.54) is 17.6 Å². The summed E-state index contributed by atoms with van der Waals surface area (Å²) < 4.78 is 5.12. The van der Waals surface area contributed by atoms with Gasteiger partial charge in [0, 0.05) is 18.1 Å². The van der Waals surface area contributed by atoms with Gasteiger partial charge in [-0.25, -0.2) is 4.98 Å². The molecule has 0 bridgehead atoms. The molecule has 1 saturated heterocycles. The molecule has 2 aromatic heterocycles. The van der Waals surface area contributed by atoms with E-state index in [2.05, 4.69) is 10.3 Å². The molecule has 3 rings (SSSR count). The molecule has 1 atom stereocenters. The van der Waals surface area contributed by atoms with Crippen LogP contribution in [0.1, 0.15) is 28.4 Å². The summed E-state index contributed by atoms with van der Waals surface area (Å²) in [7, 11) is 0. The van der Waals surface area contributed by atoms with Gasteiger partial charge in [-0.2, -0.15) is 0 Å². The van der Waals surface area contributed by atoms with Gasteiger partial charge in [-0.05, 0) is 25.0 Å². The summed E-state index contributed by atoms with van der Waals surface area (Å²) in [5.74, 6) is -0.0934. The zero-order chi connectivity index (χ0) is 14.7. The number of hydrogen-bond acceptors (Lipinski definition) is 5. The van der Waals surface area contributed by atoms with E-state index in [1.54, 1.807) is 23.2 Å². The number of furan rings is 1. The molecule has 0 aliphatic carbocycles. The fourth-order valence-corrected chi connectivity index (χ4v) is 3.00. The predicted octanol–water partition coefficient (Wildman–Crippen LogP) is 1.66. The minimum absolute atomic E-state index is 0.136. The first-order valence-electron chi connectivity index (χ1n) is 6.76. The highest BCUT2D eigenvalue weighted by atomic mass is 32.1. The molecule has 1 aliphatic heterocycles. The molecule has 0 radical (unpaired) electrons. The lowest BCUT2D eigenvalue weighted by molar-refractivity contribution is -0.125. The zero-order valence-electron chi connectivity index (χ0n) is 11.3. The van der Waals surface area contributed by atoms with Crippen molar-refractivity contribution in [2.45, 2.75) is 25.4 Å². The molecule has 21 heavy (non-hydrogen) atoms. The molecule has 0 spiro atoms. The van der Waals surface area contributed by atoms with Crippen LogP contribution in [-0.4, -0.2) is 34.3 Å². The van der Waals surface area contributed by atoms with Gasteiger partial charge in [0.25, 0.3) is 5.91 Å². The second-order valence-electron chi connectivity index (χ2n) is 4.78. The van der Waals surface area contributed by atoms with Gasteiger partial charge in [0.05, 0.1) is 12.8 Å². The van der Waals surface area contributed by atoms with Crippen molar-refractivity contribution in [3.63, 3.8) is 0 Å². The van der Waals surface area contributed by atoms with Gasteiger partial charge in [-0.1, -0.05) is 0 Å². The minimum Gasteiger partial charge on any atom is -0.459 e. The van der Waals surface area contributed by atoms with Crippen molar-refractivity contribution in [1.29, 1.82) is 0 Å². The van der Waals surface area contributed by atoms with Crippen LogP contribution in [0.5, 0.6) is 0 Å². The molecule has 1 N–H and O–H groups in total. The maximum absolute atomic E-state index is 12.3. The van der Waals surface area contributed by atoms with Crippen LogP contribution in [0, 0.1) is 0 Å². The third kappa shape index (κ3) is 2.97. The van der Waals surface area contributed by atoms with Crippen molar-refractivity contribution in [2.75, 3.05) is 6.54 Å². The maximum atomic E-state index is 12.3. The van der Waals surface area contributed by atoms with E-state index in [1.807, 2.05) is 5.38 Å². The highest BCUT2D eigenvalue weighted by Crippen LogP contribution is 2.20. The minimum atomic E-state index is -0.428. The van der Waals surface area contributed by atoms with Crippen molar-refractivity contribution in [2.24, 2.45) is 0 Å². The first-order chi connectivity index (χ1) is 10.3. The van der Waals surface area contributed by atoms with E-state index in [0.29, 0.717) is 19.5 Å². The third-order valence-corrected chi connectivity index (χ3v) is 4.23. The van der Waals surface area contributed by atoms with Gasteiger partial charge < -0.3 is 14.6 Å².